The highest BCUT2D eigenvalue weighted by Gasteiger charge is 2.44. The molecule has 0 radical (unpaired) electrons. The Morgan fingerprint density at radius 1 is 0.927 bits per heavy atom. The molecule has 0 spiro atoms. The summed E-state index contributed by atoms with van der Waals surface area (Å²) in [6, 6.07) is 0.968. The average Bonchev–Trinajstić information content (AvgIpc) is 2.93. The minimum Gasteiger partial charge on any atom is -0.351 e. The van der Waals surface area contributed by atoms with Gasteiger partial charge in [-0.3, -0.25) is 10.1 Å². The van der Waals surface area contributed by atoms with Crippen LogP contribution in [-0.4, -0.2) is 68.1 Å². The van der Waals surface area contributed by atoms with Crippen molar-refractivity contribution in [3.05, 3.63) is 6.33 Å². The standard InChI is InChI=1S/C32H56N8O/c1-31(2)20-40(28(41)32(3,4)39-31)19-27(24-8-6-5-7-9-24)37-30-35-21-34-29(38-30)36-26-16-12-23(13-17-26)18-22-10-14-25(33)15-11-22/h21-27,39H,5-20,33H2,1-4H3,(H2,34,35,36,37,38). The highest BCUT2D eigenvalue weighted by Crippen LogP contribution is 2.36. The van der Waals surface area contributed by atoms with Crippen LogP contribution in [0.3, 0.4) is 0 Å². The van der Waals surface area contributed by atoms with E-state index in [1.54, 1.807) is 6.33 Å². The molecule has 230 valence electrons. The molecule has 1 unspecified atom stereocenters. The number of hydrogen-bond acceptors (Lipinski definition) is 8. The van der Waals surface area contributed by atoms with Gasteiger partial charge in [-0.2, -0.15) is 4.98 Å². The minimum absolute atomic E-state index is 0.115. The van der Waals surface area contributed by atoms with Crippen molar-refractivity contribution < 1.29 is 4.79 Å². The summed E-state index contributed by atoms with van der Waals surface area (Å²) in [6.45, 7) is 9.72. The molecule has 4 fully saturated rings. The molecule has 1 aromatic rings. The van der Waals surface area contributed by atoms with E-state index in [1.165, 1.54) is 89.9 Å². The van der Waals surface area contributed by atoms with Crippen molar-refractivity contribution in [1.82, 2.24) is 25.2 Å². The van der Waals surface area contributed by atoms with Crippen molar-refractivity contribution >= 4 is 17.8 Å². The van der Waals surface area contributed by atoms with E-state index >= 15 is 0 Å². The zero-order chi connectivity index (χ0) is 29.0. The van der Waals surface area contributed by atoms with Gasteiger partial charge in [0.25, 0.3) is 0 Å². The van der Waals surface area contributed by atoms with Crippen molar-refractivity contribution in [1.29, 1.82) is 0 Å². The predicted octanol–water partition coefficient (Wildman–Crippen LogP) is 5.10. The maximum atomic E-state index is 13.4. The molecule has 5 N–H and O–H groups in total. The Morgan fingerprint density at radius 2 is 1.56 bits per heavy atom. The van der Waals surface area contributed by atoms with Crippen LogP contribution in [0.1, 0.15) is 118 Å². The topological polar surface area (TPSA) is 121 Å². The Morgan fingerprint density at radius 3 is 2.24 bits per heavy atom. The quantitative estimate of drug-likeness (QED) is 0.325. The zero-order valence-electron chi connectivity index (χ0n) is 26.1. The molecule has 1 atom stereocenters. The van der Waals surface area contributed by atoms with E-state index < -0.39 is 5.54 Å². The third-order valence-electron chi connectivity index (χ3n) is 10.3. The van der Waals surface area contributed by atoms with Gasteiger partial charge in [-0.25, -0.2) is 9.97 Å². The lowest BCUT2D eigenvalue weighted by atomic mass is 9.76. The minimum atomic E-state index is -0.577. The van der Waals surface area contributed by atoms with Crippen LogP contribution in [0.2, 0.25) is 0 Å². The highest BCUT2D eigenvalue weighted by molar-refractivity contribution is 5.86. The number of carbonyl (C=O) groups excluding carboxylic acids is 1. The Kier molecular flexibility index (Phi) is 9.74. The van der Waals surface area contributed by atoms with Gasteiger partial charge in [0, 0.05) is 36.8 Å². The van der Waals surface area contributed by atoms with Crippen LogP contribution in [0.25, 0.3) is 0 Å². The summed E-state index contributed by atoms with van der Waals surface area (Å²) in [6.07, 6.45) is 19.1. The number of nitrogens with one attached hydrogen (secondary N) is 3. The van der Waals surface area contributed by atoms with Crippen molar-refractivity contribution in [2.75, 3.05) is 23.7 Å². The summed E-state index contributed by atoms with van der Waals surface area (Å²) in [5, 5.41) is 10.8. The number of amides is 1. The largest absolute Gasteiger partial charge is 0.351 e. The van der Waals surface area contributed by atoms with E-state index in [9.17, 15) is 4.79 Å². The molecule has 3 saturated carbocycles. The first kappa shape index (κ1) is 30.5. The molecule has 0 aromatic carbocycles. The van der Waals surface area contributed by atoms with Crippen LogP contribution in [0.4, 0.5) is 11.9 Å². The van der Waals surface area contributed by atoms with Gasteiger partial charge in [0.05, 0.1) is 5.54 Å². The number of anilines is 2. The van der Waals surface area contributed by atoms with E-state index in [1.807, 2.05) is 13.8 Å². The van der Waals surface area contributed by atoms with Crippen LogP contribution >= 0.6 is 0 Å². The predicted molar refractivity (Wildman–Crippen MR) is 166 cm³/mol. The van der Waals surface area contributed by atoms with Gasteiger partial charge in [-0.1, -0.05) is 19.3 Å². The number of nitrogens with zero attached hydrogens (tertiary/aromatic N) is 4. The second-order valence-corrected chi connectivity index (χ2v) is 15.0. The second kappa shape index (κ2) is 13.1. The van der Waals surface area contributed by atoms with Crippen LogP contribution in [0.5, 0.6) is 0 Å². The number of nitrogens with two attached hydrogens (primary N) is 1. The molecule has 4 aliphatic rings. The average molecular weight is 569 g/mol. The molecule has 1 amide bonds. The fourth-order valence-electron chi connectivity index (χ4n) is 8.34. The summed E-state index contributed by atoms with van der Waals surface area (Å²) in [4.78, 5) is 29.3. The maximum Gasteiger partial charge on any atom is 0.242 e. The SMILES string of the molecule is CC1(C)CN(CC(Nc2ncnc(NC3CCC(CC4CCC(N)CC4)CC3)n2)C2CCCCC2)C(=O)C(C)(C)N1. The van der Waals surface area contributed by atoms with Gasteiger partial charge in [0.2, 0.25) is 17.8 Å². The smallest absolute Gasteiger partial charge is 0.242 e. The monoisotopic (exact) mass is 568 g/mol. The first-order valence-corrected chi connectivity index (χ1v) is 16.6. The molecule has 2 heterocycles. The molecule has 9 nitrogen and oxygen atoms in total. The van der Waals surface area contributed by atoms with Crippen LogP contribution in [0.15, 0.2) is 6.33 Å². The number of carbonyl (C=O) groups is 1. The fraction of sp³-hybridized carbons (Fsp3) is 0.875. The van der Waals surface area contributed by atoms with Gasteiger partial charge >= 0.3 is 0 Å². The van der Waals surface area contributed by atoms with Crippen LogP contribution in [0, 0.1) is 17.8 Å². The van der Waals surface area contributed by atoms with E-state index in [0.29, 0.717) is 43.0 Å². The third kappa shape index (κ3) is 8.31. The van der Waals surface area contributed by atoms with E-state index in [-0.39, 0.29) is 17.5 Å². The first-order valence-electron chi connectivity index (χ1n) is 16.6. The molecule has 1 aromatic heterocycles. The number of rotatable bonds is 9. The molecule has 9 heteroatoms. The van der Waals surface area contributed by atoms with Crippen molar-refractivity contribution in [3.8, 4) is 0 Å². The Bertz CT molecular complexity index is 993. The van der Waals surface area contributed by atoms with Gasteiger partial charge < -0.3 is 21.3 Å². The number of hydrogen-bond donors (Lipinski definition) is 4. The second-order valence-electron chi connectivity index (χ2n) is 15.0. The van der Waals surface area contributed by atoms with E-state index in [2.05, 4.69) is 44.7 Å². The Hall–Kier alpha value is -2.00. The molecular formula is C32H56N8O. The van der Waals surface area contributed by atoms with E-state index in [4.69, 9.17) is 10.7 Å². The highest BCUT2D eigenvalue weighted by atomic mass is 16.2. The van der Waals surface area contributed by atoms with Gasteiger partial charge in [0.1, 0.15) is 6.33 Å². The molecule has 1 saturated heterocycles. The normalized spacial score (nSPS) is 31.4. The summed E-state index contributed by atoms with van der Waals surface area (Å²) in [5.41, 5.74) is 5.40. The van der Waals surface area contributed by atoms with Gasteiger partial charge in [-0.15, -0.1) is 0 Å². The molecule has 3 aliphatic carbocycles. The maximum absolute atomic E-state index is 13.4. The summed E-state index contributed by atoms with van der Waals surface area (Å²) in [7, 11) is 0. The molecule has 0 bridgehead atoms. The van der Waals surface area contributed by atoms with Crippen molar-refractivity contribution in [2.24, 2.45) is 23.5 Å². The fourth-order valence-corrected chi connectivity index (χ4v) is 8.34. The lowest BCUT2D eigenvalue weighted by molar-refractivity contribution is -0.144. The van der Waals surface area contributed by atoms with E-state index in [0.717, 1.165) is 11.8 Å². The third-order valence-corrected chi connectivity index (χ3v) is 10.3. The molecular weight excluding hydrogens is 512 g/mol. The van der Waals surface area contributed by atoms with Crippen molar-refractivity contribution in [2.45, 2.75) is 147 Å². The Labute approximate surface area is 248 Å². The molecule has 5 rings (SSSR count). The van der Waals surface area contributed by atoms with Crippen LogP contribution < -0.4 is 21.7 Å². The lowest BCUT2D eigenvalue weighted by Crippen LogP contribution is -2.70. The number of aromatic nitrogens is 3. The van der Waals surface area contributed by atoms with Crippen molar-refractivity contribution in [3.63, 3.8) is 0 Å². The van der Waals surface area contributed by atoms with Gasteiger partial charge in [-0.05, 0) is 116 Å². The van der Waals surface area contributed by atoms with Crippen LogP contribution in [-0.2, 0) is 4.79 Å². The summed E-state index contributed by atoms with van der Waals surface area (Å²) in [5.74, 6) is 3.67. The summed E-state index contributed by atoms with van der Waals surface area (Å²) < 4.78 is 0. The zero-order valence-corrected chi connectivity index (χ0v) is 26.1. The van der Waals surface area contributed by atoms with Gasteiger partial charge in [0.15, 0.2) is 0 Å². The first-order chi connectivity index (χ1) is 19.6. The molecule has 1 aliphatic heterocycles. The summed E-state index contributed by atoms with van der Waals surface area (Å²) >= 11 is 0. The Balaban J connectivity index is 1.18. The molecule has 41 heavy (non-hydrogen) atoms. The number of piperazine rings is 1. The lowest BCUT2D eigenvalue weighted by Gasteiger charge is -2.48.